The van der Waals surface area contributed by atoms with Gasteiger partial charge < -0.3 is 20.2 Å². The van der Waals surface area contributed by atoms with Crippen molar-refractivity contribution >= 4 is 5.91 Å². The molecule has 0 aromatic carbocycles. The van der Waals surface area contributed by atoms with Crippen molar-refractivity contribution in [3.63, 3.8) is 0 Å². The highest BCUT2D eigenvalue weighted by atomic mass is 16.3. The molecule has 1 amide bonds. The summed E-state index contributed by atoms with van der Waals surface area (Å²) in [4.78, 5) is 15.7. The van der Waals surface area contributed by atoms with Crippen molar-refractivity contribution in [1.82, 2.24) is 15.6 Å². The highest BCUT2D eigenvalue weighted by Crippen LogP contribution is 2.19. The zero-order chi connectivity index (χ0) is 13.5. The Bertz CT molecular complexity index is 463. The van der Waals surface area contributed by atoms with Crippen LogP contribution in [0.4, 0.5) is 0 Å². The van der Waals surface area contributed by atoms with E-state index >= 15 is 0 Å². The molecule has 1 unspecified atom stereocenters. The zero-order valence-corrected chi connectivity index (χ0v) is 10.6. The molecule has 1 atom stereocenters. The van der Waals surface area contributed by atoms with E-state index in [9.17, 15) is 4.79 Å². The predicted octanol–water partition coefficient (Wildman–Crippen LogP) is 0.422. The molecule has 6 heteroatoms. The number of dihydropyridines is 1. The van der Waals surface area contributed by atoms with E-state index in [1.54, 1.807) is 31.7 Å². The van der Waals surface area contributed by atoms with Crippen LogP contribution in [0, 0.1) is 6.92 Å². The maximum Gasteiger partial charge on any atom is 0.250 e. The average Bonchev–Trinajstić information content (AvgIpc) is 2.87. The van der Waals surface area contributed by atoms with Gasteiger partial charge in [-0.05, 0) is 25.3 Å². The molecule has 6 nitrogen and oxygen atoms in total. The summed E-state index contributed by atoms with van der Waals surface area (Å²) in [7, 11) is 2.60. The summed E-state index contributed by atoms with van der Waals surface area (Å²) in [6.45, 7) is 1.86. The van der Waals surface area contributed by atoms with Crippen LogP contribution in [0.1, 0.15) is 17.6 Å². The fourth-order valence-electron chi connectivity index (χ4n) is 1.48. The number of rotatable bonds is 2. The third-order valence-electron chi connectivity index (χ3n) is 2.28. The topological polar surface area (TPSA) is 87.4 Å². The molecule has 98 valence electrons. The lowest BCUT2D eigenvalue weighted by Gasteiger charge is -2.15. The molecule has 0 aliphatic carbocycles. The Hall–Kier alpha value is -2.08. The molecule has 18 heavy (non-hydrogen) atoms. The highest BCUT2D eigenvalue weighted by Gasteiger charge is 2.18. The maximum atomic E-state index is 11.4. The Balaban J connectivity index is 0.000000771. The van der Waals surface area contributed by atoms with E-state index in [2.05, 4.69) is 15.6 Å². The van der Waals surface area contributed by atoms with Gasteiger partial charge in [0.25, 0.3) is 5.91 Å². The van der Waals surface area contributed by atoms with Crippen LogP contribution in [0.3, 0.4) is 0 Å². The molecule has 0 saturated heterocycles. The molecule has 0 fully saturated rings. The Morgan fingerprint density at radius 2 is 2.28 bits per heavy atom. The Labute approximate surface area is 105 Å². The van der Waals surface area contributed by atoms with Crippen LogP contribution in [0.15, 0.2) is 34.6 Å². The summed E-state index contributed by atoms with van der Waals surface area (Å²) in [6.07, 6.45) is 6.80. The zero-order valence-electron chi connectivity index (χ0n) is 10.6. The summed E-state index contributed by atoms with van der Waals surface area (Å²) in [5, 5.41) is 12.6. The number of oxazole rings is 1. The number of hydrogen-bond acceptors (Lipinski definition) is 5. The number of aromatic nitrogens is 1. The first-order valence-corrected chi connectivity index (χ1v) is 5.44. The fraction of sp³-hybridized carbons (Fsp3) is 0.333. The monoisotopic (exact) mass is 251 g/mol. The maximum absolute atomic E-state index is 11.4. The molecular formula is C12H17N3O3. The van der Waals surface area contributed by atoms with Gasteiger partial charge in [-0.15, -0.1) is 0 Å². The second-order valence-electron chi connectivity index (χ2n) is 3.51. The molecule has 3 N–H and O–H groups in total. The average molecular weight is 251 g/mol. The largest absolute Gasteiger partial charge is 0.446 e. The minimum absolute atomic E-state index is 0.119. The van der Waals surface area contributed by atoms with Crippen LogP contribution in [0.5, 0.6) is 0 Å². The first-order valence-electron chi connectivity index (χ1n) is 5.44. The number of nitrogens with one attached hydrogen (secondary N) is 2. The van der Waals surface area contributed by atoms with Crippen LogP contribution < -0.4 is 10.6 Å². The van der Waals surface area contributed by atoms with Crippen LogP contribution in [0.2, 0.25) is 0 Å². The molecule has 2 rings (SSSR count). The second kappa shape index (κ2) is 6.61. The van der Waals surface area contributed by atoms with Crippen LogP contribution >= 0.6 is 0 Å². The number of carbonyl (C=O) groups excluding carboxylic acids is 1. The van der Waals surface area contributed by atoms with Crippen molar-refractivity contribution in [2.45, 2.75) is 13.0 Å². The molecule has 0 spiro atoms. The van der Waals surface area contributed by atoms with Crippen LogP contribution in [-0.2, 0) is 4.79 Å². The van der Waals surface area contributed by atoms with Crippen molar-refractivity contribution in [2.24, 2.45) is 0 Å². The Morgan fingerprint density at radius 1 is 1.56 bits per heavy atom. The molecule has 1 aromatic rings. The van der Waals surface area contributed by atoms with Gasteiger partial charge in [0.15, 0.2) is 0 Å². The molecule has 1 aliphatic rings. The van der Waals surface area contributed by atoms with E-state index in [1.165, 1.54) is 0 Å². The number of carbonyl (C=O) groups is 1. The number of hydrogen-bond donors (Lipinski definition) is 3. The van der Waals surface area contributed by atoms with Gasteiger partial charge in [0.2, 0.25) is 5.89 Å². The van der Waals surface area contributed by atoms with Crippen LogP contribution in [-0.4, -0.2) is 30.2 Å². The Morgan fingerprint density at radius 3 is 2.83 bits per heavy atom. The van der Waals surface area contributed by atoms with Gasteiger partial charge in [-0.25, -0.2) is 4.98 Å². The normalized spacial score (nSPS) is 17.1. The van der Waals surface area contributed by atoms with Gasteiger partial charge in [-0.1, -0.05) is 0 Å². The highest BCUT2D eigenvalue weighted by molar-refractivity contribution is 5.96. The second-order valence-corrected chi connectivity index (χ2v) is 3.51. The van der Waals surface area contributed by atoms with Gasteiger partial charge >= 0.3 is 0 Å². The van der Waals surface area contributed by atoms with E-state index < -0.39 is 0 Å². The summed E-state index contributed by atoms with van der Waals surface area (Å²) in [6, 6.07) is -0.189. The van der Waals surface area contributed by atoms with E-state index in [4.69, 9.17) is 9.52 Å². The van der Waals surface area contributed by atoms with Gasteiger partial charge in [0, 0.05) is 19.7 Å². The SMILES string of the molecule is CNC(=O)C1=CC(c2nc(C)co2)NC=C1.CO. The van der Waals surface area contributed by atoms with Gasteiger partial charge in [0.1, 0.15) is 12.3 Å². The van der Waals surface area contributed by atoms with Gasteiger partial charge in [0.05, 0.1) is 5.69 Å². The van der Waals surface area contributed by atoms with Gasteiger partial charge in [-0.2, -0.15) is 0 Å². The molecule has 0 radical (unpaired) electrons. The summed E-state index contributed by atoms with van der Waals surface area (Å²) >= 11 is 0. The predicted molar refractivity (Wildman–Crippen MR) is 66.5 cm³/mol. The molecule has 0 bridgehead atoms. The quantitative estimate of drug-likeness (QED) is 0.709. The lowest BCUT2D eigenvalue weighted by Crippen LogP contribution is -2.24. The third-order valence-corrected chi connectivity index (χ3v) is 2.28. The van der Waals surface area contributed by atoms with Crippen molar-refractivity contribution in [3.8, 4) is 0 Å². The lowest BCUT2D eigenvalue weighted by atomic mass is 10.1. The fourth-order valence-corrected chi connectivity index (χ4v) is 1.48. The van der Waals surface area contributed by atoms with Crippen molar-refractivity contribution < 1.29 is 14.3 Å². The lowest BCUT2D eigenvalue weighted by molar-refractivity contribution is -0.116. The molecule has 0 saturated carbocycles. The summed E-state index contributed by atoms with van der Waals surface area (Å²) < 4.78 is 5.28. The van der Waals surface area contributed by atoms with Crippen molar-refractivity contribution in [2.75, 3.05) is 14.2 Å². The minimum atomic E-state index is -0.189. The third kappa shape index (κ3) is 3.21. The molecular weight excluding hydrogens is 234 g/mol. The number of aliphatic hydroxyl groups excluding tert-OH is 1. The standard InChI is InChI=1S/C11H13N3O2.CH4O/c1-7-6-16-11(14-7)9-5-8(3-4-13-9)10(15)12-2;1-2/h3-6,9,13H,1-2H3,(H,12,15);2H,1H3. The van der Waals surface area contributed by atoms with E-state index in [-0.39, 0.29) is 11.9 Å². The number of amides is 1. The summed E-state index contributed by atoms with van der Waals surface area (Å²) in [5.74, 6) is 0.439. The molecule has 1 aliphatic heterocycles. The number of aryl methyl sites for hydroxylation is 1. The Kier molecular flexibility index (Phi) is 5.13. The number of likely N-dealkylation sites (N-methyl/N-ethyl adjacent to an activating group) is 1. The van der Waals surface area contributed by atoms with Crippen molar-refractivity contribution in [1.29, 1.82) is 0 Å². The number of nitrogens with zero attached hydrogens (tertiary/aromatic N) is 1. The van der Waals surface area contributed by atoms with Gasteiger partial charge in [-0.3, -0.25) is 4.79 Å². The van der Waals surface area contributed by atoms with Crippen molar-refractivity contribution in [3.05, 3.63) is 41.8 Å². The minimum Gasteiger partial charge on any atom is -0.446 e. The van der Waals surface area contributed by atoms with Crippen LogP contribution in [0.25, 0.3) is 0 Å². The summed E-state index contributed by atoms with van der Waals surface area (Å²) in [5.41, 5.74) is 1.42. The first-order chi connectivity index (χ1) is 8.70. The molecule has 1 aromatic heterocycles. The number of aliphatic hydroxyl groups is 1. The smallest absolute Gasteiger partial charge is 0.250 e. The van der Waals surface area contributed by atoms with E-state index in [0.717, 1.165) is 12.8 Å². The first kappa shape index (κ1) is 14.0. The molecule has 2 heterocycles. The van der Waals surface area contributed by atoms with E-state index in [1.807, 2.05) is 6.92 Å². The van der Waals surface area contributed by atoms with E-state index in [0.29, 0.717) is 11.5 Å².